The summed E-state index contributed by atoms with van der Waals surface area (Å²) in [7, 11) is 2.02. The van der Waals surface area contributed by atoms with E-state index in [1.54, 1.807) is 0 Å². The Morgan fingerprint density at radius 1 is 1.12 bits per heavy atom. The molecular weight excluding hydrogens is 320 g/mol. The lowest BCUT2D eigenvalue weighted by Gasteiger charge is -2.19. The Morgan fingerprint density at radius 2 is 1.83 bits per heavy atom. The van der Waals surface area contributed by atoms with Crippen molar-refractivity contribution >= 4 is 23.4 Å². The maximum atomic E-state index is 11.9. The highest BCUT2D eigenvalue weighted by molar-refractivity contribution is 8.00. The van der Waals surface area contributed by atoms with Gasteiger partial charge >= 0.3 is 0 Å². The fourth-order valence-corrected chi connectivity index (χ4v) is 2.90. The monoisotopic (exact) mass is 344 g/mol. The highest BCUT2D eigenvalue weighted by Crippen LogP contribution is 2.21. The van der Waals surface area contributed by atoms with Crippen molar-refractivity contribution in [3.05, 3.63) is 54.6 Å². The lowest BCUT2D eigenvalue weighted by Crippen LogP contribution is -2.33. The van der Waals surface area contributed by atoms with Crippen molar-refractivity contribution in [3.63, 3.8) is 0 Å². The van der Waals surface area contributed by atoms with E-state index in [0.29, 0.717) is 18.9 Å². The zero-order valence-electron chi connectivity index (χ0n) is 14.2. The van der Waals surface area contributed by atoms with E-state index in [9.17, 15) is 4.79 Å². The number of para-hydroxylation sites is 1. The number of thioether (sulfide) groups is 1. The van der Waals surface area contributed by atoms with E-state index in [2.05, 4.69) is 22.3 Å². The molecule has 0 unspecified atom stereocenters. The van der Waals surface area contributed by atoms with Crippen LogP contribution in [0.15, 0.2) is 59.5 Å². The Labute approximate surface area is 148 Å². The second-order valence-corrected chi connectivity index (χ2v) is 6.35. The van der Waals surface area contributed by atoms with Crippen molar-refractivity contribution in [1.82, 2.24) is 5.32 Å². The Balaban J connectivity index is 1.66. The molecule has 0 fully saturated rings. The average Bonchev–Trinajstić information content (AvgIpc) is 2.62. The highest BCUT2D eigenvalue weighted by atomic mass is 32.2. The van der Waals surface area contributed by atoms with Gasteiger partial charge in [-0.15, -0.1) is 11.8 Å². The lowest BCUT2D eigenvalue weighted by atomic mass is 10.3. The van der Waals surface area contributed by atoms with E-state index >= 15 is 0 Å². The van der Waals surface area contributed by atoms with Crippen LogP contribution in [0, 0.1) is 0 Å². The molecule has 0 bridgehead atoms. The first-order chi connectivity index (χ1) is 11.7. The predicted octanol–water partition coefficient (Wildman–Crippen LogP) is 3.43. The summed E-state index contributed by atoms with van der Waals surface area (Å²) in [6.45, 7) is 4.03. The Morgan fingerprint density at radius 3 is 2.50 bits per heavy atom. The zero-order valence-corrected chi connectivity index (χ0v) is 15.0. The minimum absolute atomic E-state index is 0.0512. The van der Waals surface area contributed by atoms with Gasteiger partial charge in [0.15, 0.2) is 0 Å². The second kappa shape index (κ2) is 9.88. The van der Waals surface area contributed by atoms with Crippen LogP contribution < -0.4 is 15.0 Å². The summed E-state index contributed by atoms with van der Waals surface area (Å²) in [5.41, 5.74) is 1.15. The molecule has 0 spiro atoms. The number of nitrogens with zero attached hydrogens (tertiary/aromatic N) is 1. The molecule has 5 heteroatoms. The van der Waals surface area contributed by atoms with E-state index in [0.717, 1.165) is 22.9 Å². The molecule has 1 amide bonds. The zero-order chi connectivity index (χ0) is 17.2. The summed E-state index contributed by atoms with van der Waals surface area (Å²) in [4.78, 5) is 15.1. The predicted molar refractivity (Wildman–Crippen MR) is 101 cm³/mol. The Bertz CT molecular complexity index is 617. The van der Waals surface area contributed by atoms with Crippen LogP contribution in [0.25, 0.3) is 0 Å². The molecule has 0 radical (unpaired) electrons. The van der Waals surface area contributed by atoms with E-state index in [1.165, 1.54) is 11.8 Å². The smallest absolute Gasteiger partial charge is 0.230 e. The average molecular weight is 344 g/mol. The van der Waals surface area contributed by atoms with Gasteiger partial charge in [-0.25, -0.2) is 0 Å². The summed E-state index contributed by atoms with van der Waals surface area (Å²) in [6.07, 6.45) is 0. The fraction of sp³-hybridized carbons (Fsp3) is 0.316. The van der Waals surface area contributed by atoms with Gasteiger partial charge < -0.3 is 15.0 Å². The third-order valence-corrected chi connectivity index (χ3v) is 4.48. The van der Waals surface area contributed by atoms with Crippen molar-refractivity contribution in [2.24, 2.45) is 0 Å². The molecule has 0 heterocycles. The van der Waals surface area contributed by atoms with Crippen LogP contribution in [-0.4, -0.2) is 38.4 Å². The Hall–Kier alpha value is -2.14. The first-order valence-electron chi connectivity index (χ1n) is 8.07. The number of anilines is 1. The molecule has 2 aromatic rings. The van der Waals surface area contributed by atoms with Gasteiger partial charge in [0.05, 0.1) is 12.4 Å². The number of hydrogen-bond donors (Lipinski definition) is 1. The number of likely N-dealkylation sites (N-methyl/N-ethyl adjacent to an activating group) is 1. The molecule has 128 valence electrons. The number of nitrogens with one attached hydrogen (secondary N) is 1. The van der Waals surface area contributed by atoms with E-state index in [4.69, 9.17) is 4.74 Å². The summed E-state index contributed by atoms with van der Waals surface area (Å²) in [5.74, 6) is 1.33. The van der Waals surface area contributed by atoms with E-state index in [1.807, 2.05) is 56.4 Å². The third kappa shape index (κ3) is 6.16. The van der Waals surface area contributed by atoms with Gasteiger partial charge in [0.2, 0.25) is 5.91 Å². The summed E-state index contributed by atoms with van der Waals surface area (Å²) in [6, 6.07) is 18.0. The first-order valence-corrected chi connectivity index (χ1v) is 9.06. The van der Waals surface area contributed by atoms with Crippen LogP contribution in [0.3, 0.4) is 0 Å². The maximum Gasteiger partial charge on any atom is 0.230 e. The second-order valence-electron chi connectivity index (χ2n) is 5.30. The van der Waals surface area contributed by atoms with Crippen molar-refractivity contribution < 1.29 is 9.53 Å². The van der Waals surface area contributed by atoms with Crippen LogP contribution in [0.5, 0.6) is 5.75 Å². The molecule has 1 N–H and O–H groups in total. The minimum atomic E-state index is 0.0512. The summed E-state index contributed by atoms with van der Waals surface area (Å²) >= 11 is 1.53. The molecule has 0 aromatic heterocycles. The SMILES string of the molecule is CCOc1ccc(SCC(=O)NCCN(C)c2ccccc2)cc1. The largest absolute Gasteiger partial charge is 0.494 e. The quantitative estimate of drug-likeness (QED) is 0.708. The molecule has 2 aromatic carbocycles. The van der Waals surface area contributed by atoms with Crippen LogP contribution in [-0.2, 0) is 4.79 Å². The molecule has 2 rings (SSSR count). The van der Waals surface area contributed by atoms with Gasteiger partial charge in [-0.3, -0.25) is 4.79 Å². The van der Waals surface area contributed by atoms with Crippen molar-refractivity contribution in [1.29, 1.82) is 0 Å². The fourth-order valence-electron chi connectivity index (χ4n) is 2.17. The van der Waals surface area contributed by atoms with E-state index in [-0.39, 0.29) is 5.91 Å². The van der Waals surface area contributed by atoms with Crippen LogP contribution in [0.1, 0.15) is 6.92 Å². The van der Waals surface area contributed by atoms with Gasteiger partial charge in [0.25, 0.3) is 0 Å². The van der Waals surface area contributed by atoms with Gasteiger partial charge in [0.1, 0.15) is 5.75 Å². The van der Waals surface area contributed by atoms with Gasteiger partial charge in [-0.2, -0.15) is 0 Å². The highest BCUT2D eigenvalue weighted by Gasteiger charge is 2.04. The standard InChI is InChI=1S/C19H24N2O2S/c1-3-23-17-9-11-18(12-10-17)24-15-19(22)20-13-14-21(2)16-7-5-4-6-8-16/h4-12H,3,13-15H2,1-2H3,(H,20,22). The van der Waals surface area contributed by atoms with Crippen molar-refractivity contribution in [2.45, 2.75) is 11.8 Å². The van der Waals surface area contributed by atoms with Gasteiger partial charge in [0, 0.05) is 30.7 Å². The maximum absolute atomic E-state index is 11.9. The molecule has 0 aliphatic heterocycles. The Kier molecular flexibility index (Phi) is 7.49. The molecule has 0 atom stereocenters. The normalized spacial score (nSPS) is 10.2. The number of hydrogen-bond acceptors (Lipinski definition) is 4. The number of carbonyl (C=O) groups is 1. The van der Waals surface area contributed by atoms with Crippen LogP contribution in [0.2, 0.25) is 0 Å². The molecular formula is C19H24N2O2S. The topological polar surface area (TPSA) is 41.6 Å². The van der Waals surface area contributed by atoms with Gasteiger partial charge in [-0.05, 0) is 43.3 Å². The van der Waals surface area contributed by atoms with Crippen LogP contribution >= 0.6 is 11.8 Å². The van der Waals surface area contributed by atoms with Crippen LogP contribution in [0.4, 0.5) is 5.69 Å². The molecule has 0 saturated heterocycles. The lowest BCUT2D eigenvalue weighted by molar-refractivity contribution is -0.118. The molecule has 0 aliphatic carbocycles. The first kappa shape index (κ1) is 18.2. The minimum Gasteiger partial charge on any atom is -0.494 e. The molecule has 24 heavy (non-hydrogen) atoms. The molecule has 0 saturated carbocycles. The summed E-state index contributed by atoms with van der Waals surface area (Å²) < 4.78 is 5.41. The van der Waals surface area contributed by atoms with E-state index < -0.39 is 0 Å². The number of amides is 1. The number of benzene rings is 2. The van der Waals surface area contributed by atoms with Crippen molar-refractivity contribution in [2.75, 3.05) is 37.4 Å². The molecule has 0 aliphatic rings. The van der Waals surface area contributed by atoms with Gasteiger partial charge in [-0.1, -0.05) is 18.2 Å². The number of carbonyl (C=O) groups excluding carboxylic acids is 1. The number of rotatable bonds is 9. The van der Waals surface area contributed by atoms with Crippen molar-refractivity contribution in [3.8, 4) is 5.75 Å². The molecule has 4 nitrogen and oxygen atoms in total. The number of ether oxygens (including phenoxy) is 1. The third-order valence-electron chi connectivity index (χ3n) is 3.47. The summed E-state index contributed by atoms with van der Waals surface area (Å²) in [5, 5.41) is 2.96.